The summed E-state index contributed by atoms with van der Waals surface area (Å²) < 4.78 is 5.17. The number of benzene rings is 1. The molecule has 1 heterocycles. The van der Waals surface area contributed by atoms with Gasteiger partial charge in [0.05, 0.1) is 13.7 Å². The van der Waals surface area contributed by atoms with Crippen molar-refractivity contribution in [3.63, 3.8) is 0 Å². The maximum Gasteiger partial charge on any atom is 0.118 e. The summed E-state index contributed by atoms with van der Waals surface area (Å²) in [4.78, 5) is 2.47. The fourth-order valence-electron chi connectivity index (χ4n) is 2.62. The molecule has 1 fully saturated rings. The second-order valence-electron chi connectivity index (χ2n) is 5.10. The van der Waals surface area contributed by atoms with Crippen LogP contribution < -0.4 is 10.1 Å². The van der Waals surface area contributed by atoms with E-state index in [0.717, 1.165) is 25.4 Å². The summed E-state index contributed by atoms with van der Waals surface area (Å²) in [6.45, 7) is 4.12. The molecule has 0 amide bonds. The summed E-state index contributed by atoms with van der Waals surface area (Å²) in [5, 5.41) is 12.3. The van der Waals surface area contributed by atoms with E-state index in [1.807, 2.05) is 12.1 Å². The molecule has 0 saturated carbocycles. The molecular formula is C15H24N2O2. The Morgan fingerprint density at radius 2 is 2.16 bits per heavy atom. The predicted octanol–water partition coefficient (Wildman–Crippen LogP) is 1.24. The van der Waals surface area contributed by atoms with Crippen molar-refractivity contribution in [1.29, 1.82) is 0 Å². The number of aliphatic hydroxyl groups excluding tert-OH is 1. The molecule has 1 saturated heterocycles. The zero-order chi connectivity index (χ0) is 13.5. The molecule has 19 heavy (non-hydrogen) atoms. The van der Waals surface area contributed by atoms with E-state index in [9.17, 15) is 0 Å². The summed E-state index contributed by atoms with van der Waals surface area (Å²) in [6.07, 6.45) is 2.43. The van der Waals surface area contributed by atoms with Crippen LogP contribution in [0.2, 0.25) is 0 Å². The van der Waals surface area contributed by atoms with Gasteiger partial charge in [-0.05, 0) is 37.1 Å². The highest BCUT2D eigenvalue weighted by Crippen LogP contribution is 2.16. The number of nitrogens with one attached hydrogen (secondary N) is 1. The van der Waals surface area contributed by atoms with Crippen LogP contribution in [0, 0.1) is 0 Å². The minimum absolute atomic E-state index is 0.217. The highest BCUT2D eigenvalue weighted by atomic mass is 16.5. The lowest BCUT2D eigenvalue weighted by molar-refractivity contribution is 0.176. The maximum atomic E-state index is 8.86. The van der Waals surface area contributed by atoms with E-state index in [1.165, 1.54) is 18.4 Å². The average Bonchev–Trinajstić information content (AvgIpc) is 2.46. The number of ether oxygens (including phenoxy) is 1. The molecule has 0 spiro atoms. The van der Waals surface area contributed by atoms with Gasteiger partial charge in [-0.25, -0.2) is 0 Å². The van der Waals surface area contributed by atoms with Crippen LogP contribution in [0.1, 0.15) is 18.4 Å². The van der Waals surface area contributed by atoms with Crippen LogP contribution in [0.5, 0.6) is 5.75 Å². The monoisotopic (exact) mass is 264 g/mol. The normalized spacial score (nSPS) is 20.4. The molecule has 1 aliphatic rings. The van der Waals surface area contributed by atoms with Crippen molar-refractivity contribution >= 4 is 0 Å². The van der Waals surface area contributed by atoms with Crippen LogP contribution in [0.4, 0.5) is 0 Å². The second kappa shape index (κ2) is 7.48. The molecule has 1 aliphatic heterocycles. The van der Waals surface area contributed by atoms with Gasteiger partial charge in [0.15, 0.2) is 0 Å². The van der Waals surface area contributed by atoms with Crippen molar-refractivity contribution in [1.82, 2.24) is 10.2 Å². The van der Waals surface area contributed by atoms with Gasteiger partial charge < -0.3 is 15.2 Å². The first-order valence-electron chi connectivity index (χ1n) is 7.01. The van der Waals surface area contributed by atoms with E-state index in [2.05, 4.69) is 22.3 Å². The predicted molar refractivity (Wildman–Crippen MR) is 76.4 cm³/mol. The van der Waals surface area contributed by atoms with Gasteiger partial charge in [0.2, 0.25) is 0 Å². The first-order chi connectivity index (χ1) is 9.31. The molecule has 1 atom stereocenters. The van der Waals surface area contributed by atoms with E-state index in [-0.39, 0.29) is 6.61 Å². The first kappa shape index (κ1) is 14.3. The summed E-state index contributed by atoms with van der Waals surface area (Å²) in [5.74, 6) is 0.907. The third kappa shape index (κ3) is 4.49. The quantitative estimate of drug-likeness (QED) is 0.811. The average molecular weight is 264 g/mol. The molecule has 1 unspecified atom stereocenters. The Kier molecular flexibility index (Phi) is 5.63. The largest absolute Gasteiger partial charge is 0.497 e. The molecule has 0 aromatic heterocycles. The van der Waals surface area contributed by atoms with Crippen molar-refractivity contribution in [3.8, 4) is 5.75 Å². The number of likely N-dealkylation sites (tertiary alicyclic amines) is 1. The molecule has 4 nitrogen and oxygen atoms in total. The van der Waals surface area contributed by atoms with E-state index >= 15 is 0 Å². The van der Waals surface area contributed by atoms with Gasteiger partial charge in [-0.15, -0.1) is 0 Å². The standard InChI is InChI=1S/C15H24N2O2/c1-19-15-6-4-13(5-7-15)11-17-9-2-3-14(12-17)16-8-10-18/h4-7,14,16,18H,2-3,8-12H2,1H3. The highest BCUT2D eigenvalue weighted by molar-refractivity contribution is 5.27. The van der Waals surface area contributed by atoms with Gasteiger partial charge in [0.25, 0.3) is 0 Å². The first-order valence-corrected chi connectivity index (χ1v) is 7.01. The molecule has 0 radical (unpaired) electrons. The fourth-order valence-corrected chi connectivity index (χ4v) is 2.62. The number of nitrogens with zero attached hydrogens (tertiary/aromatic N) is 1. The summed E-state index contributed by atoms with van der Waals surface area (Å²) in [6, 6.07) is 8.80. The third-order valence-electron chi connectivity index (χ3n) is 3.62. The van der Waals surface area contributed by atoms with Crippen molar-refractivity contribution in [2.45, 2.75) is 25.4 Å². The van der Waals surface area contributed by atoms with Gasteiger partial charge in [0, 0.05) is 25.7 Å². The Morgan fingerprint density at radius 1 is 1.37 bits per heavy atom. The lowest BCUT2D eigenvalue weighted by Crippen LogP contribution is -2.46. The Bertz CT molecular complexity index is 367. The van der Waals surface area contributed by atoms with Gasteiger partial charge in [-0.3, -0.25) is 4.90 Å². The van der Waals surface area contributed by atoms with Crippen LogP contribution in [0.25, 0.3) is 0 Å². The number of methoxy groups -OCH3 is 1. The second-order valence-corrected chi connectivity index (χ2v) is 5.10. The van der Waals surface area contributed by atoms with Gasteiger partial charge in [-0.2, -0.15) is 0 Å². The van der Waals surface area contributed by atoms with Crippen LogP contribution in [0.15, 0.2) is 24.3 Å². The molecule has 106 valence electrons. The SMILES string of the molecule is COc1ccc(CN2CCCC(NCCO)C2)cc1. The van der Waals surface area contributed by atoms with Crippen molar-refractivity contribution in [2.75, 3.05) is 33.4 Å². The van der Waals surface area contributed by atoms with E-state index < -0.39 is 0 Å². The van der Waals surface area contributed by atoms with Crippen LogP contribution in [-0.2, 0) is 6.54 Å². The van der Waals surface area contributed by atoms with Gasteiger partial charge >= 0.3 is 0 Å². The van der Waals surface area contributed by atoms with Crippen LogP contribution in [-0.4, -0.2) is 49.4 Å². The number of rotatable bonds is 6. The summed E-state index contributed by atoms with van der Waals surface area (Å²) in [5.41, 5.74) is 1.32. The molecule has 1 aromatic carbocycles. The minimum Gasteiger partial charge on any atom is -0.497 e. The van der Waals surface area contributed by atoms with E-state index in [4.69, 9.17) is 9.84 Å². The van der Waals surface area contributed by atoms with Gasteiger partial charge in [0.1, 0.15) is 5.75 Å². The smallest absolute Gasteiger partial charge is 0.118 e. The van der Waals surface area contributed by atoms with E-state index in [1.54, 1.807) is 7.11 Å². The number of aliphatic hydroxyl groups is 1. The topological polar surface area (TPSA) is 44.7 Å². The Balaban J connectivity index is 1.83. The van der Waals surface area contributed by atoms with Crippen LogP contribution in [0.3, 0.4) is 0 Å². The maximum absolute atomic E-state index is 8.86. The number of hydrogen-bond acceptors (Lipinski definition) is 4. The Morgan fingerprint density at radius 3 is 2.84 bits per heavy atom. The Hall–Kier alpha value is -1.10. The van der Waals surface area contributed by atoms with Crippen LogP contribution >= 0.6 is 0 Å². The van der Waals surface area contributed by atoms with Gasteiger partial charge in [-0.1, -0.05) is 12.1 Å². The zero-order valence-electron chi connectivity index (χ0n) is 11.6. The van der Waals surface area contributed by atoms with Crippen molar-refractivity contribution < 1.29 is 9.84 Å². The van der Waals surface area contributed by atoms with E-state index in [0.29, 0.717) is 12.6 Å². The molecular weight excluding hydrogens is 240 g/mol. The zero-order valence-corrected chi connectivity index (χ0v) is 11.6. The van der Waals surface area contributed by atoms with Crippen molar-refractivity contribution in [3.05, 3.63) is 29.8 Å². The summed E-state index contributed by atoms with van der Waals surface area (Å²) >= 11 is 0. The molecule has 0 aliphatic carbocycles. The molecule has 4 heteroatoms. The molecule has 2 N–H and O–H groups in total. The molecule has 2 rings (SSSR count). The Labute approximate surface area is 115 Å². The minimum atomic E-state index is 0.217. The number of hydrogen-bond donors (Lipinski definition) is 2. The molecule has 0 bridgehead atoms. The molecule has 1 aromatic rings. The number of piperidine rings is 1. The van der Waals surface area contributed by atoms with Crippen molar-refractivity contribution in [2.24, 2.45) is 0 Å². The third-order valence-corrected chi connectivity index (χ3v) is 3.62. The lowest BCUT2D eigenvalue weighted by atomic mass is 10.0. The fraction of sp³-hybridized carbons (Fsp3) is 0.600. The summed E-state index contributed by atoms with van der Waals surface area (Å²) in [7, 11) is 1.69. The lowest BCUT2D eigenvalue weighted by Gasteiger charge is -2.33. The highest BCUT2D eigenvalue weighted by Gasteiger charge is 2.19.